The van der Waals surface area contributed by atoms with E-state index in [4.69, 9.17) is 28.9 Å². The lowest BCUT2D eigenvalue weighted by atomic mass is 10.1. The summed E-state index contributed by atoms with van der Waals surface area (Å²) >= 11 is 12.3. The molecule has 3 heteroatoms. The highest BCUT2D eigenvalue weighted by Gasteiger charge is 2.01. The number of hydrogen-bond donors (Lipinski definition) is 1. The third-order valence-electron chi connectivity index (χ3n) is 3.06. The summed E-state index contributed by atoms with van der Waals surface area (Å²) in [6.45, 7) is 0.718. The summed E-state index contributed by atoms with van der Waals surface area (Å²) < 4.78 is 0. The van der Waals surface area contributed by atoms with Gasteiger partial charge in [0.05, 0.1) is 0 Å². The van der Waals surface area contributed by atoms with Crippen molar-refractivity contribution in [1.29, 1.82) is 0 Å². The molecule has 2 N–H and O–H groups in total. The Labute approximate surface area is 130 Å². The first-order valence-electron chi connectivity index (χ1n) is 6.62. The zero-order chi connectivity index (χ0) is 14.4. The minimum Gasteiger partial charge on any atom is -0.330 e. The van der Waals surface area contributed by atoms with Gasteiger partial charge in [-0.05, 0) is 42.6 Å². The van der Waals surface area contributed by atoms with E-state index in [0.717, 1.165) is 30.5 Å². The molecule has 0 radical (unpaired) electrons. The average molecular weight is 306 g/mol. The van der Waals surface area contributed by atoms with Crippen molar-refractivity contribution in [3.05, 3.63) is 69.2 Å². The Morgan fingerprint density at radius 3 is 2.35 bits per heavy atom. The summed E-state index contributed by atoms with van der Waals surface area (Å²) in [5.74, 6) is 0. The van der Waals surface area contributed by atoms with E-state index in [2.05, 4.69) is 24.3 Å². The Morgan fingerprint density at radius 2 is 1.65 bits per heavy atom. The van der Waals surface area contributed by atoms with E-state index in [1.54, 1.807) is 0 Å². The molecular weight excluding hydrogens is 289 g/mol. The molecule has 20 heavy (non-hydrogen) atoms. The van der Waals surface area contributed by atoms with Gasteiger partial charge in [0.2, 0.25) is 0 Å². The van der Waals surface area contributed by atoms with Crippen LogP contribution in [0.25, 0.3) is 12.2 Å². The molecule has 0 aromatic heterocycles. The van der Waals surface area contributed by atoms with Crippen LogP contribution in [0.15, 0.2) is 42.5 Å². The molecule has 2 aromatic carbocycles. The van der Waals surface area contributed by atoms with Crippen LogP contribution < -0.4 is 5.73 Å². The Kier molecular flexibility index (Phi) is 5.66. The number of rotatable bonds is 5. The van der Waals surface area contributed by atoms with Gasteiger partial charge >= 0.3 is 0 Å². The van der Waals surface area contributed by atoms with Crippen molar-refractivity contribution in [2.45, 2.75) is 12.8 Å². The van der Waals surface area contributed by atoms with Crippen molar-refractivity contribution in [2.24, 2.45) is 5.73 Å². The number of halogens is 2. The second-order valence-electron chi connectivity index (χ2n) is 4.61. The van der Waals surface area contributed by atoms with Crippen LogP contribution in [0.5, 0.6) is 0 Å². The Bertz CT molecular complexity index is 585. The van der Waals surface area contributed by atoms with Gasteiger partial charge in [-0.15, -0.1) is 0 Å². The van der Waals surface area contributed by atoms with E-state index >= 15 is 0 Å². The minimum atomic E-state index is 0.660. The number of aryl methyl sites for hydroxylation is 1. The quantitative estimate of drug-likeness (QED) is 0.768. The van der Waals surface area contributed by atoms with Gasteiger partial charge in [0.1, 0.15) is 0 Å². The molecule has 2 aromatic rings. The highest BCUT2D eigenvalue weighted by atomic mass is 35.5. The molecule has 0 saturated heterocycles. The molecule has 0 aliphatic heterocycles. The molecule has 0 spiro atoms. The third kappa shape index (κ3) is 4.11. The molecule has 2 rings (SSSR count). The van der Waals surface area contributed by atoms with Crippen LogP contribution in [-0.2, 0) is 6.42 Å². The highest BCUT2D eigenvalue weighted by Crippen LogP contribution is 2.26. The van der Waals surface area contributed by atoms with Crippen molar-refractivity contribution >= 4 is 35.4 Å². The van der Waals surface area contributed by atoms with E-state index in [-0.39, 0.29) is 0 Å². The van der Waals surface area contributed by atoms with Crippen molar-refractivity contribution in [3.63, 3.8) is 0 Å². The van der Waals surface area contributed by atoms with Gasteiger partial charge in [0.15, 0.2) is 0 Å². The lowest BCUT2D eigenvalue weighted by Gasteiger charge is -2.03. The molecule has 0 unspecified atom stereocenters. The van der Waals surface area contributed by atoms with Crippen LogP contribution in [-0.4, -0.2) is 6.54 Å². The van der Waals surface area contributed by atoms with Crippen LogP contribution in [0.3, 0.4) is 0 Å². The molecule has 104 valence electrons. The van der Waals surface area contributed by atoms with Crippen LogP contribution in [0.1, 0.15) is 23.1 Å². The van der Waals surface area contributed by atoms with Gasteiger partial charge in [-0.2, -0.15) is 0 Å². The van der Waals surface area contributed by atoms with Gasteiger partial charge in [0.25, 0.3) is 0 Å². The third-order valence-corrected chi connectivity index (χ3v) is 3.72. The zero-order valence-electron chi connectivity index (χ0n) is 11.2. The molecule has 0 atom stereocenters. The van der Waals surface area contributed by atoms with Crippen molar-refractivity contribution in [1.82, 2.24) is 0 Å². The summed E-state index contributed by atoms with van der Waals surface area (Å²) in [7, 11) is 0. The predicted octanol–water partition coefficient (Wildman–Crippen LogP) is 5.06. The first-order chi connectivity index (χ1) is 9.70. The van der Waals surface area contributed by atoms with Gasteiger partial charge in [-0.25, -0.2) is 0 Å². The van der Waals surface area contributed by atoms with E-state index in [1.807, 2.05) is 30.4 Å². The maximum Gasteiger partial charge on any atom is 0.0493 e. The second kappa shape index (κ2) is 7.49. The van der Waals surface area contributed by atoms with Crippen LogP contribution in [0.4, 0.5) is 0 Å². The average Bonchev–Trinajstić information content (AvgIpc) is 2.45. The topological polar surface area (TPSA) is 26.0 Å². The van der Waals surface area contributed by atoms with Gasteiger partial charge in [0, 0.05) is 15.6 Å². The minimum absolute atomic E-state index is 0.660. The molecule has 0 saturated carbocycles. The molecule has 0 bridgehead atoms. The summed E-state index contributed by atoms with van der Waals surface area (Å²) in [4.78, 5) is 0. The number of nitrogens with two attached hydrogens (primary N) is 1. The SMILES string of the molecule is NCCCc1cccc(/C=C/c2c(Cl)cccc2Cl)c1. The normalized spacial score (nSPS) is 11.2. The van der Waals surface area contributed by atoms with Crippen LogP contribution in [0.2, 0.25) is 10.0 Å². The van der Waals surface area contributed by atoms with E-state index in [0.29, 0.717) is 10.0 Å². The fourth-order valence-electron chi connectivity index (χ4n) is 2.01. The van der Waals surface area contributed by atoms with Gasteiger partial charge in [-0.1, -0.05) is 65.7 Å². The fourth-order valence-corrected chi connectivity index (χ4v) is 2.53. The molecule has 0 aliphatic carbocycles. The first-order valence-corrected chi connectivity index (χ1v) is 7.37. The van der Waals surface area contributed by atoms with Crippen LogP contribution in [0, 0.1) is 0 Å². The van der Waals surface area contributed by atoms with Crippen molar-refractivity contribution < 1.29 is 0 Å². The van der Waals surface area contributed by atoms with E-state index < -0.39 is 0 Å². The monoisotopic (exact) mass is 305 g/mol. The smallest absolute Gasteiger partial charge is 0.0493 e. The van der Waals surface area contributed by atoms with Crippen molar-refractivity contribution in [3.8, 4) is 0 Å². The Balaban J connectivity index is 2.19. The summed E-state index contributed by atoms with van der Waals surface area (Å²) in [6, 6.07) is 13.9. The molecule has 1 nitrogen and oxygen atoms in total. The van der Waals surface area contributed by atoms with E-state index in [9.17, 15) is 0 Å². The second-order valence-corrected chi connectivity index (χ2v) is 5.42. The molecule has 0 aliphatic rings. The Morgan fingerprint density at radius 1 is 0.950 bits per heavy atom. The Hall–Kier alpha value is -1.28. The zero-order valence-corrected chi connectivity index (χ0v) is 12.7. The standard InChI is InChI=1S/C17H17Cl2N/c18-16-7-2-8-17(19)15(16)10-9-14-5-1-4-13(12-14)6-3-11-20/h1-2,4-5,7-10,12H,3,6,11,20H2/b10-9+. The summed E-state index contributed by atoms with van der Waals surface area (Å²) in [6.07, 6.45) is 5.99. The number of hydrogen-bond acceptors (Lipinski definition) is 1. The maximum atomic E-state index is 6.15. The largest absolute Gasteiger partial charge is 0.330 e. The molecule has 0 fully saturated rings. The summed E-state index contributed by atoms with van der Waals surface area (Å²) in [5.41, 5.74) is 8.82. The predicted molar refractivity (Wildman–Crippen MR) is 89.2 cm³/mol. The van der Waals surface area contributed by atoms with Crippen molar-refractivity contribution in [2.75, 3.05) is 6.54 Å². The maximum absolute atomic E-state index is 6.15. The van der Waals surface area contributed by atoms with Crippen LogP contribution >= 0.6 is 23.2 Å². The number of benzene rings is 2. The van der Waals surface area contributed by atoms with Gasteiger partial charge in [-0.3, -0.25) is 0 Å². The lowest BCUT2D eigenvalue weighted by molar-refractivity contribution is 0.832. The van der Waals surface area contributed by atoms with E-state index in [1.165, 1.54) is 5.56 Å². The molecule has 0 amide bonds. The van der Waals surface area contributed by atoms with Gasteiger partial charge < -0.3 is 5.73 Å². The lowest BCUT2D eigenvalue weighted by Crippen LogP contribution is -2.00. The highest BCUT2D eigenvalue weighted by molar-refractivity contribution is 6.37. The summed E-state index contributed by atoms with van der Waals surface area (Å²) in [5, 5.41) is 1.32. The first kappa shape index (κ1) is 15.1. The molecular formula is C17H17Cl2N. The molecule has 0 heterocycles. The fraction of sp³-hybridized carbons (Fsp3) is 0.176.